The highest BCUT2D eigenvalue weighted by Crippen LogP contribution is 2.11. The second-order valence-corrected chi connectivity index (χ2v) is 3.65. The number of ether oxygens (including phenoxy) is 1. The van der Waals surface area contributed by atoms with E-state index in [2.05, 4.69) is 15.5 Å². The Balaban J connectivity index is 2.16. The van der Waals surface area contributed by atoms with Crippen molar-refractivity contribution in [1.82, 2.24) is 15.5 Å². The van der Waals surface area contributed by atoms with E-state index in [1.165, 1.54) is 5.01 Å². The number of hydrogen-bond donors (Lipinski definition) is 2. The fourth-order valence-electron chi connectivity index (χ4n) is 1.50. The Morgan fingerprint density at radius 2 is 2.12 bits per heavy atom. The van der Waals surface area contributed by atoms with E-state index >= 15 is 0 Å². The highest BCUT2D eigenvalue weighted by Gasteiger charge is 2.16. The second-order valence-electron chi connectivity index (χ2n) is 3.65. The molecule has 0 spiro atoms. The first kappa shape index (κ1) is 11.3. The number of aromatic nitrogens is 4. The van der Waals surface area contributed by atoms with Gasteiger partial charge in [-0.15, -0.1) is 5.21 Å². The maximum Gasteiger partial charge on any atom is 0.418 e. The molecule has 7 heteroatoms. The van der Waals surface area contributed by atoms with Crippen molar-refractivity contribution in [3.05, 3.63) is 29.8 Å². The van der Waals surface area contributed by atoms with E-state index in [4.69, 9.17) is 10.6 Å². The van der Waals surface area contributed by atoms with Crippen LogP contribution in [0.4, 0.5) is 5.95 Å². The van der Waals surface area contributed by atoms with Gasteiger partial charge in [0.1, 0.15) is 17.5 Å². The van der Waals surface area contributed by atoms with Crippen LogP contribution in [0.15, 0.2) is 24.3 Å². The molecule has 0 atom stereocenters. The number of H-pyrrole nitrogens is 1. The number of hydrazine groups is 1. The summed E-state index contributed by atoms with van der Waals surface area (Å²) in [6.45, 7) is 0.619. The summed E-state index contributed by atoms with van der Waals surface area (Å²) in [7, 11) is 3.35. The summed E-state index contributed by atoms with van der Waals surface area (Å²) in [5.74, 6) is 7.03. The zero-order valence-electron chi connectivity index (χ0n) is 9.79. The Kier molecular flexibility index (Phi) is 3.20. The smallest absolute Gasteiger partial charge is 0.418 e. The molecule has 90 valence electrons. The van der Waals surface area contributed by atoms with Crippen LogP contribution in [0.1, 0.15) is 5.56 Å². The third-order valence-electron chi connectivity index (χ3n) is 2.36. The lowest BCUT2D eigenvalue weighted by atomic mass is 10.2. The average molecular weight is 235 g/mol. The Morgan fingerprint density at radius 1 is 1.41 bits per heavy atom. The molecule has 1 aromatic carbocycles. The summed E-state index contributed by atoms with van der Waals surface area (Å²) >= 11 is 0. The Hall–Kier alpha value is -2.15. The molecule has 17 heavy (non-hydrogen) atoms. The maximum absolute atomic E-state index is 5.63. The Bertz CT molecular complexity index is 478. The summed E-state index contributed by atoms with van der Waals surface area (Å²) < 4.78 is 6.85. The third kappa shape index (κ3) is 2.51. The van der Waals surface area contributed by atoms with Gasteiger partial charge in [-0.1, -0.05) is 12.1 Å². The van der Waals surface area contributed by atoms with E-state index in [1.54, 1.807) is 18.8 Å². The van der Waals surface area contributed by atoms with Crippen LogP contribution in [0.2, 0.25) is 0 Å². The summed E-state index contributed by atoms with van der Waals surface area (Å²) in [5.41, 5.74) is 1.10. The summed E-state index contributed by atoms with van der Waals surface area (Å²) in [5, 5.41) is 11.8. The number of tetrazole rings is 1. The number of nitrogens with one attached hydrogen (secondary N) is 1. The quantitative estimate of drug-likeness (QED) is 0.422. The molecule has 0 aliphatic heterocycles. The van der Waals surface area contributed by atoms with Crippen molar-refractivity contribution in [2.75, 3.05) is 19.2 Å². The molecule has 0 saturated heterocycles. The largest absolute Gasteiger partial charge is 0.497 e. The topological polar surface area (TPSA) is 83.9 Å². The molecule has 0 unspecified atom stereocenters. The van der Waals surface area contributed by atoms with Crippen LogP contribution in [0, 0.1) is 0 Å². The van der Waals surface area contributed by atoms with Gasteiger partial charge in [0.15, 0.2) is 0 Å². The zero-order chi connectivity index (χ0) is 12.3. The van der Waals surface area contributed by atoms with E-state index in [-0.39, 0.29) is 0 Å². The van der Waals surface area contributed by atoms with Crippen LogP contribution in [-0.2, 0) is 6.54 Å². The van der Waals surface area contributed by atoms with Crippen molar-refractivity contribution in [3.63, 3.8) is 0 Å². The summed E-state index contributed by atoms with van der Waals surface area (Å²) in [6, 6.07) is 7.77. The van der Waals surface area contributed by atoms with Gasteiger partial charge in [0.05, 0.1) is 19.3 Å². The van der Waals surface area contributed by atoms with Crippen LogP contribution in [0.25, 0.3) is 0 Å². The normalized spacial score (nSPS) is 10.3. The van der Waals surface area contributed by atoms with Gasteiger partial charge in [-0.05, 0) is 17.7 Å². The van der Waals surface area contributed by atoms with Gasteiger partial charge in [-0.3, -0.25) is 0 Å². The van der Waals surface area contributed by atoms with E-state index in [0.29, 0.717) is 12.5 Å². The molecule has 2 rings (SSSR count). The van der Waals surface area contributed by atoms with Gasteiger partial charge in [-0.2, -0.15) is 4.68 Å². The molecule has 0 amide bonds. The fourth-order valence-corrected chi connectivity index (χ4v) is 1.50. The molecule has 0 saturated carbocycles. The van der Waals surface area contributed by atoms with E-state index in [0.717, 1.165) is 11.3 Å². The monoisotopic (exact) mass is 235 g/mol. The van der Waals surface area contributed by atoms with Gasteiger partial charge in [-0.25, -0.2) is 10.9 Å². The summed E-state index contributed by atoms with van der Waals surface area (Å²) in [6.07, 6.45) is 0. The fraction of sp³-hybridized carbons (Fsp3) is 0.300. The highest BCUT2D eigenvalue weighted by atomic mass is 16.5. The number of rotatable bonds is 4. The molecular formula is C10H15N6O+. The van der Waals surface area contributed by atoms with E-state index < -0.39 is 0 Å². The molecule has 0 aliphatic carbocycles. The van der Waals surface area contributed by atoms with Crippen molar-refractivity contribution in [3.8, 4) is 5.75 Å². The lowest BCUT2D eigenvalue weighted by molar-refractivity contribution is -0.735. The van der Waals surface area contributed by atoms with Gasteiger partial charge in [0, 0.05) is 0 Å². The van der Waals surface area contributed by atoms with Gasteiger partial charge < -0.3 is 4.74 Å². The van der Waals surface area contributed by atoms with Crippen molar-refractivity contribution < 1.29 is 9.42 Å². The first-order valence-corrected chi connectivity index (χ1v) is 5.13. The number of anilines is 1. The molecule has 0 aliphatic rings. The van der Waals surface area contributed by atoms with E-state index in [9.17, 15) is 0 Å². The zero-order valence-corrected chi connectivity index (χ0v) is 9.79. The van der Waals surface area contributed by atoms with Crippen LogP contribution in [-0.4, -0.2) is 29.7 Å². The minimum absolute atomic E-state index is 0.570. The molecule has 0 bridgehead atoms. The number of nitrogens with zero attached hydrogens (tertiary/aromatic N) is 4. The van der Waals surface area contributed by atoms with Crippen LogP contribution in [0.3, 0.4) is 0 Å². The average Bonchev–Trinajstić information content (AvgIpc) is 2.78. The van der Waals surface area contributed by atoms with Gasteiger partial charge in [0.2, 0.25) is 0 Å². The molecule has 1 heterocycles. The predicted octanol–water partition coefficient (Wildman–Crippen LogP) is -0.541. The van der Waals surface area contributed by atoms with Crippen LogP contribution in [0.5, 0.6) is 5.75 Å². The lowest BCUT2D eigenvalue weighted by Crippen LogP contribution is -2.44. The Morgan fingerprint density at radius 3 is 2.71 bits per heavy atom. The SMILES string of the molecule is COc1ccc(C[n+]2[nH]nnc2N(C)N)cc1. The molecule has 2 aromatic rings. The third-order valence-corrected chi connectivity index (χ3v) is 2.36. The standard InChI is InChI=1S/C10H14N6O/c1-15(11)10-12-13-14-16(10)7-8-3-5-9(17-2)6-4-8/h3-6H,7,11H2,1-2H3/p+1. The number of hydrogen-bond acceptors (Lipinski definition) is 5. The van der Waals surface area contributed by atoms with E-state index in [1.807, 2.05) is 24.3 Å². The van der Waals surface area contributed by atoms with Crippen molar-refractivity contribution in [2.24, 2.45) is 5.84 Å². The predicted molar refractivity (Wildman–Crippen MR) is 61.3 cm³/mol. The number of methoxy groups -OCH3 is 1. The van der Waals surface area contributed by atoms with Crippen LogP contribution >= 0.6 is 0 Å². The first-order chi connectivity index (χ1) is 8.20. The Labute approximate surface area is 98.8 Å². The maximum atomic E-state index is 5.63. The molecule has 3 N–H and O–H groups in total. The molecule has 7 nitrogen and oxygen atoms in total. The van der Waals surface area contributed by atoms with Crippen molar-refractivity contribution >= 4 is 5.95 Å². The minimum Gasteiger partial charge on any atom is -0.497 e. The van der Waals surface area contributed by atoms with Crippen molar-refractivity contribution in [2.45, 2.75) is 6.54 Å². The lowest BCUT2D eigenvalue weighted by Gasteiger charge is -2.05. The molecule has 0 fully saturated rings. The van der Waals surface area contributed by atoms with Gasteiger partial charge >= 0.3 is 5.95 Å². The second kappa shape index (κ2) is 4.79. The van der Waals surface area contributed by atoms with Crippen molar-refractivity contribution in [1.29, 1.82) is 0 Å². The summed E-state index contributed by atoms with van der Waals surface area (Å²) in [4.78, 5) is 0. The number of aromatic amines is 1. The molecule has 0 radical (unpaired) electrons. The first-order valence-electron chi connectivity index (χ1n) is 5.13. The van der Waals surface area contributed by atoms with Gasteiger partial charge in [0.25, 0.3) is 0 Å². The number of nitrogens with two attached hydrogens (primary N) is 1. The molecule has 1 aromatic heterocycles. The minimum atomic E-state index is 0.570. The molecular weight excluding hydrogens is 220 g/mol. The number of benzene rings is 1. The highest BCUT2D eigenvalue weighted by molar-refractivity contribution is 5.26. The van der Waals surface area contributed by atoms with Crippen LogP contribution < -0.4 is 20.3 Å².